The van der Waals surface area contributed by atoms with Gasteiger partial charge in [-0.25, -0.2) is 4.79 Å². The van der Waals surface area contributed by atoms with E-state index in [0.717, 1.165) is 5.56 Å². The van der Waals surface area contributed by atoms with Gasteiger partial charge >= 0.3 is 5.97 Å². The molecule has 2 aromatic carbocycles. The highest BCUT2D eigenvalue weighted by molar-refractivity contribution is 5.91. The first-order valence-corrected chi connectivity index (χ1v) is 9.06. The smallest absolute Gasteiger partial charge is 0.338 e. The van der Waals surface area contributed by atoms with E-state index in [4.69, 9.17) is 19.9 Å². The number of hydrogen-bond donors (Lipinski definition) is 2. The van der Waals surface area contributed by atoms with Crippen LogP contribution in [0, 0.1) is 0 Å². The van der Waals surface area contributed by atoms with Crippen molar-refractivity contribution in [3.63, 3.8) is 0 Å². The Balaban J connectivity index is 1.63. The number of aliphatic hydroxyl groups excluding tert-OH is 1. The van der Waals surface area contributed by atoms with Gasteiger partial charge in [0.15, 0.2) is 12.4 Å². The molecule has 0 radical (unpaired) electrons. The summed E-state index contributed by atoms with van der Waals surface area (Å²) in [4.78, 5) is 12.5. The third kappa shape index (κ3) is 4.93. The van der Waals surface area contributed by atoms with Gasteiger partial charge in [0.05, 0.1) is 24.4 Å². The van der Waals surface area contributed by atoms with Crippen LogP contribution in [-0.2, 0) is 27.4 Å². The van der Waals surface area contributed by atoms with E-state index in [2.05, 4.69) is 0 Å². The number of aliphatic hydroxyl groups is 1. The second-order valence-corrected chi connectivity index (χ2v) is 6.61. The number of carbonyl (C=O) groups is 1. The van der Waals surface area contributed by atoms with E-state index in [-0.39, 0.29) is 18.8 Å². The summed E-state index contributed by atoms with van der Waals surface area (Å²) < 4.78 is 17.0. The van der Waals surface area contributed by atoms with Gasteiger partial charge < -0.3 is 25.1 Å². The van der Waals surface area contributed by atoms with Crippen LogP contribution in [-0.4, -0.2) is 35.7 Å². The minimum Gasteiger partial charge on any atom is -0.453 e. The lowest BCUT2D eigenvalue weighted by molar-refractivity contribution is -0.249. The Morgan fingerprint density at radius 2 is 1.85 bits per heavy atom. The lowest BCUT2D eigenvalue weighted by Crippen LogP contribution is -2.48. The average molecular weight is 371 g/mol. The zero-order valence-electron chi connectivity index (χ0n) is 15.3. The zero-order valence-corrected chi connectivity index (χ0v) is 15.3. The summed E-state index contributed by atoms with van der Waals surface area (Å²) in [6, 6.07) is 16.8. The minimum atomic E-state index is -1.19. The van der Waals surface area contributed by atoms with E-state index in [1.54, 1.807) is 18.2 Å². The molecule has 1 saturated heterocycles. The van der Waals surface area contributed by atoms with Crippen molar-refractivity contribution in [1.29, 1.82) is 0 Å². The SMILES string of the molecule is C[C@@H]1O[C@@H](O)[C@H](OC(=O)c2ccccc2CN)C[C@H]1OCc1ccccc1. The molecule has 2 aromatic rings. The van der Waals surface area contributed by atoms with Crippen molar-refractivity contribution in [1.82, 2.24) is 0 Å². The van der Waals surface area contributed by atoms with Crippen molar-refractivity contribution >= 4 is 5.97 Å². The summed E-state index contributed by atoms with van der Waals surface area (Å²) in [6.45, 7) is 2.49. The molecule has 6 nitrogen and oxygen atoms in total. The van der Waals surface area contributed by atoms with Gasteiger partial charge in [0, 0.05) is 13.0 Å². The number of carbonyl (C=O) groups excluding carboxylic acids is 1. The first kappa shape index (κ1) is 19.5. The molecule has 6 heteroatoms. The molecule has 0 aromatic heterocycles. The molecule has 0 amide bonds. The Labute approximate surface area is 158 Å². The molecule has 0 saturated carbocycles. The first-order chi connectivity index (χ1) is 13.1. The van der Waals surface area contributed by atoms with E-state index in [0.29, 0.717) is 24.2 Å². The molecule has 0 bridgehead atoms. The van der Waals surface area contributed by atoms with Crippen LogP contribution in [0.5, 0.6) is 0 Å². The second kappa shape index (κ2) is 9.10. The van der Waals surface area contributed by atoms with Gasteiger partial charge in [0.2, 0.25) is 0 Å². The summed E-state index contributed by atoms with van der Waals surface area (Å²) in [5.41, 5.74) is 7.81. The largest absolute Gasteiger partial charge is 0.453 e. The molecule has 1 heterocycles. The Kier molecular flexibility index (Phi) is 6.58. The lowest BCUT2D eigenvalue weighted by atomic mass is 10.0. The van der Waals surface area contributed by atoms with E-state index >= 15 is 0 Å². The Morgan fingerprint density at radius 3 is 2.59 bits per heavy atom. The lowest BCUT2D eigenvalue weighted by Gasteiger charge is -2.37. The fraction of sp³-hybridized carbons (Fsp3) is 0.381. The molecular weight excluding hydrogens is 346 g/mol. The fourth-order valence-corrected chi connectivity index (χ4v) is 3.12. The highest BCUT2D eigenvalue weighted by atomic mass is 16.7. The maximum absolute atomic E-state index is 12.5. The fourth-order valence-electron chi connectivity index (χ4n) is 3.12. The van der Waals surface area contributed by atoms with Gasteiger partial charge in [-0.15, -0.1) is 0 Å². The highest BCUT2D eigenvalue weighted by Gasteiger charge is 2.38. The molecule has 0 unspecified atom stereocenters. The van der Waals surface area contributed by atoms with E-state index < -0.39 is 18.4 Å². The molecule has 3 N–H and O–H groups in total. The van der Waals surface area contributed by atoms with Gasteiger partial charge in [0.1, 0.15) is 0 Å². The maximum atomic E-state index is 12.5. The quantitative estimate of drug-likeness (QED) is 0.758. The summed E-state index contributed by atoms with van der Waals surface area (Å²) in [6.07, 6.45) is -2.25. The van der Waals surface area contributed by atoms with Crippen LogP contribution in [0.15, 0.2) is 54.6 Å². The minimum absolute atomic E-state index is 0.231. The third-order valence-electron chi connectivity index (χ3n) is 4.68. The Hall–Kier alpha value is -2.25. The van der Waals surface area contributed by atoms with Gasteiger partial charge in [-0.05, 0) is 24.1 Å². The predicted molar refractivity (Wildman–Crippen MR) is 99.7 cm³/mol. The van der Waals surface area contributed by atoms with Crippen molar-refractivity contribution in [2.24, 2.45) is 5.73 Å². The maximum Gasteiger partial charge on any atom is 0.338 e. The van der Waals surface area contributed by atoms with Crippen molar-refractivity contribution in [2.45, 2.75) is 51.1 Å². The molecule has 1 aliphatic rings. The Bertz CT molecular complexity index is 751. The van der Waals surface area contributed by atoms with Crippen LogP contribution in [0.2, 0.25) is 0 Å². The van der Waals surface area contributed by atoms with Gasteiger partial charge in [-0.3, -0.25) is 0 Å². The van der Waals surface area contributed by atoms with Gasteiger partial charge in [0.25, 0.3) is 0 Å². The number of esters is 1. The summed E-state index contributed by atoms with van der Waals surface area (Å²) >= 11 is 0. The molecule has 144 valence electrons. The summed E-state index contributed by atoms with van der Waals surface area (Å²) in [5.74, 6) is -0.528. The number of hydrogen-bond acceptors (Lipinski definition) is 6. The molecule has 1 aliphatic heterocycles. The second-order valence-electron chi connectivity index (χ2n) is 6.61. The van der Waals surface area contributed by atoms with Gasteiger partial charge in [-0.2, -0.15) is 0 Å². The molecular formula is C21H25NO5. The summed E-state index contributed by atoms with van der Waals surface area (Å²) in [5, 5.41) is 10.2. The van der Waals surface area contributed by atoms with E-state index in [1.165, 1.54) is 0 Å². The van der Waals surface area contributed by atoms with Crippen molar-refractivity contribution < 1.29 is 24.1 Å². The normalized spacial score (nSPS) is 25.1. The molecule has 3 rings (SSSR count). The van der Waals surface area contributed by atoms with E-state index in [9.17, 15) is 9.90 Å². The molecule has 0 spiro atoms. The number of nitrogens with two attached hydrogens (primary N) is 1. The standard InChI is InChI=1S/C21H25NO5/c1-14-18(25-13-15-7-3-2-4-8-15)11-19(21(24)26-14)27-20(23)17-10-6-5-9-16(17)12-22/h2-10,14,18-19,21,24H,11-13,22H2,1H3/t14-,18+,19+,21+/m0/s1. The van der Waals surface area contributed by atoms with Crippen LogP contribution < -0.4 is 5.73 Å². The average Bonchev–Trinajstić information content (AvgIpc) is 2.69. The number of rotatable bonds is 6. The van der Waals surface area contributed by atoms with Crippen LogP contribution >= 0.6 is 0 Å². The van der Waals surface area contributed by atoms with E-state index in [1.807, 2.05) is 43.3 Å². The van der Waals surface area contributed by atoms with Crippen LogP contribution in [0.4, 0.5) is 0 Å². The molecule has 27 heavy (non-hydrogen) atoms. The zero-order chi connectivity index (χ0) is 19.2. The predicted octanol–water partition coefficient (Wildman–Crippen LogP) is 2.38. The van der Waals surface area contributed by atoms with Crippen LogP contribution in [0.25, 0.3) is 0 Å². The molecule has 1 fully saturated rings. The molecule has 4 atom stereocenters. The van der Waals surface area contributed by atoms with Crippen molar-refractivity contribution in [2.75, 3.05) is 0 Å². The first-order valence-electron chi connectivity index (χ1n) is 9.06. The number of benzene rings is 2. The topological polar surface area (TPSA) is 91.0 Å². The van der Waals surface area contributed by atoms with Gasteiger partial charge in [-0.1, -0.05) is 48.5 Å². The van der Waals surface area contributed by atoms with Crippen molar-refractivity contribution in [3.05, 3.63) is 71.3 Å². The van der Waals surface area contributed by atoms with Crippen LogP contribution in [0.3, 0.4) is 0 Å². The number of ether oxygens (including phenoxy) is 3. The summed E-state index contributed by atoms with van der Waals surface area (Å²) in [7, 11) is 0. The third-order valence-corrected chi connectivity index (χ3v) is 4.68. The van der Waals surface area contributed by atoms with Crippen molar-refractivity contribution in [3.8, 4) is 0 Å². The highest BCUT2D eigenvalue weighted by Crippen LogP contribution is 2.26. The van der Waals surface area contributed by atoms with Crippen LogP contribution in [0.1, 0.15) is 34.8 Å². The Morgan fingerprint density at radius 1 is 1.15 bits per heavy atom. The molecule has 0 aliphatic carbocycles. The monoisotopic (exact) mass is 371 g/mol.